The van der Waals surface area contributed by atoms with Gasteiger partial charge in [0.15, 0.2) is 0 Å². The average molecular weight is 444 g/mol. The molecule has 2 aliphatic carbocycles. The molecule has 0 bridgehead atoms. The molecule has 1 aromatic rings. The molecule has 1 saturated heterocycles. The van der Waals surface area contributed by atoms with E-state index >= 15 is 0 Å². The molecule has 9 heteroatoms. The lowest BCUT2D eigenvalue weighted by molar-refractivity contribution is -0.144. The minimum absolute atomic E-state index is 0.0817. The Kier molecular flexibility index (Phi) is 6.30. The van der Waals surface area contributed by atoms with Gasteiger partial charge in [-0.3, -0.25) is 14.5 Å². The molecule has 0 aromatic heterocycles. The van der Waals surface area contributed by atoms with Crippen LogP contribution < -0.4 is 5.43 Å². The highest BCUT2D eigenvalue weighted by molar-refractivity contribution is 6.06. The van der Waals surface area contributed by atoms with Crippen molar-refractivity contribution >= 4 is 23.6 Å². The number of ether oxygens (including phenoxy) is 1. The summed E-state index contributed by atoms with van der Waals surface area (Å²) in [6.07, 6.45) is -1.90. The smallest absolute Gasteiger partial charge is 0.427 e. The molecule has 1 aliphatic heterocycles. The SMILES string of the molecule is CCOC(=O)N/N=C1\C[C@@H](O)[C@@H](O)[C@@H]2[C@@H]3C(=O)N([C@@H](C)c4ccccc4)C(=O)[C@@H]3CC[C@H]12. The van der Waals surface area contributed by atoms with Crippen molar-refractivity contribution < 1.29 is 29.3 Å². The minimum atomic E-state index is -1.15. The molecule has 3 amide bonds. The molecule has 1 aromatic carbocycles. The van der Waals surface area contributed by atoms with E-state index in [4.69, 9.17) is 4.74 Å². The number of benzene rings is 1. The molecule has 1 heterocycles. The topological polar surface area (TPSA) is 129 Å². The number of nitrogens with one attached hydrogen (secondary N) is 1. The number of imide groups is 1. The number of hydrogen-bond acceptors (Lipinski definition) is 7. The number of hydrazone groups is 1. The summed E-state index contributed by atoms with van der Waals surface area (Å²) >= 11 is 0. The van der Waals surface area contributed by atoms with E-state index in [2.05, 4.69) is 10.5 Å². The van der Waals surface area contributed by atoms with Gasteiger partial charge in [-0.2, -0.15) is 5.10 Å². The maximum atomic E-state index is 13.5. The second-order valence-electron chi connectivity index (χ2n) is 8.72. The molecule has 4 rings (SSSR count). The van der Waals surface area contributed by atoms with Gasteiger partial charge in [-0.1, -0.05) is 30.3 Å². The van der Waals surface area contributed by atoms with Gasteiger partial charge in [-0.15, -0.1) is 0 Å². The van der Waals surface area contributed by atoms with E-state index in [9.17, 15) is 24.6 Å². The Balaban J connectivity index is 1.62. The van der Waals surface area contributed by atoms with Crippen molar-refractivity contribution in [3.8, 4) is 0 Å². The van der Waals surface area contributed by atoms with Gasteiger partial charge < -0.3 is 14.9 Å². The molecule has 9 nitrogen and oxygen atoms in total. The number of nitrogens with zero attached hydrogens (tertiary/aromatic N) is 2. The first kappa shape index (κ1) is 22.4. The Morgan fingerprint density at radius 3 is 2.56 bits per heavy atom. The van der Waals surface area contributed by atoms with Crippen LogP contribution in [0, 0.1) is 23.7 Å². The summed E-state index contributed by atoms with van der Waals surface area (Å²) in [6.45, 7) is 3.69. The van der Waals surface area contributed by atoms with Gasteiger partial charge in [0.25, 0.3) is 0 Å². The molecule has 0 spiro atoms. The van der Waals surface area contributed by atoms with Crippen molar-refractivity contribution in [1.82, 2.24) is 10.3 Å². The first-order valence-corrected chi connectivity index (χ1v) is 11.1. The largest absolute Gasteiger partial charge is 0.449 e. The molecule has 2 saturated carbocycles. The van der Waals surface area contributed by atoms with Gasteiger partial charge in [0.05, 0.1) is 36.7 Å². The normalized spacial score (nSPS) is 34.1. The highest BCUT2D eigenvalue weighted by Crippen LogP contribution is 2.50. The van der Waals surface area contributed by atoms with Gasteiger partial charge in [0.1, 0.15) is 0 Å². The molecule has 0 unspecified atom stereocenters. The van der Waals surface area contributed by atoms with Crippen molar-refractivity contribution in [2.24, 2.45) is 28.8 Å². The van der Waals surface area contributed by atoms with E-state index in [1.54, 1.807) is 6.92 Å². The van der Waals surface area contributed by atoms with Crippen molar-refractivity contribution in [3.05, 3.63) is 35.9 Å². The minimum Gasteiger partial charge on any atom is -0.449 e. The fraction of sp³-hybridized carbons (Fsp3) is 0.565. The lowest BCUT2D eigenvalue weighted by Gasteiger charge is -2.45. The second kappa shape index (κ2) is 8.99. The van der Waals surface area contributed by atoms with Crippen molar-refractivity contribution in [3.63, 3.8) is 0 Å². The summed E-state index contributed by atoms with van der Waals surface area (Å²) in [5.41, 5.74) is 3.69. The van der Waals surface area contributed by atoms with E-state index in [-0.39, 0.29) is 30.8 Å². The zero-order chi connectivity index (χ0) is 23.0. The summed E-state index contributed by atoms with van der Waals surface area (Å²) < 4.78 is 4.83. The molecule has 7 atom stereocenters. The summed E-state index contributed by atoms with van der Waals surface area (Å²) in [5.74, 6) is -2.79. The van der Waals surface area contributed by atoms with Gasteiger partial charge in [-0.25, -0.2) is 10.2 Å². The summed E-state index contributed by atoms with van der Waals surface area (Å²) in [7, 11) is 0. The standard InChI is InChI=1S/C23H29N3O6/c1-3-32-23(31)25-24-16-11-17(27)20(28)18-14(16)9-10-15-19(18)22(30)26(21(15)29)12(2)13-7-5-4-6-8-13/h4-8,12,14-15,17-20,27-28H,3,9-11H2,1-2H3,(H,25,31)/b24-16+/t12-,14+,15+,17+,18-,19+,20+/m0/s1. The van der Waals surface area contributed by atoms with Crippen molar-refractivity contribution in [1.29, 1.82) is 0 Å². The average Bonchev–Trinajstić information content (AvgIpc) is 3.05. The molecule has 32 heavy (non-hydrogen) atoms. The third kappa shape index (κ3) is 3.80. The third-order valence-corrected chi connectivity index (χ3v) is 7.05. The maximum Gasteiger partial charge on any atom is 0.427 e. The van der Waals surface area contributed by atoms with Crippen LogP contribution in [-0.4, -0.2) is 57.5 Å². The number of aliphatic hydroxyl groups is 2. The van der Waals surface area contributed by atoms with Crippen LogP contribution in [-0.2, 0) is 14.3 Å². The first-order chi connectivity index (χ1) is 15.3. The van der Waals surface area contributed by atoms with E-state index in [0.29, 0.717) is 18.6 Å². The number of amides is 3. The fourth-order valence-electron chi connectivity index (χ4n) is 5.57. The Morgan fingerprint density at radius 2 is 1.88 bits per heavy atom. The zero-order valence-electron chi connectivity index (χ0n) is 18.2. The Hall–Kier alpha value is -2.78. The molecule has 3 N–H and O–H groups in total. The van der Waals surface area contributed by atoms with Gasteiger partial charge in [0, 0.05) is 24.0 Å². The second-order valence-corrected chi connectivity index (χ2v) is 8.72. The van der Waals surface area contributed by atoms with Gasteiger partial charge in [-0.05, 0) is 32.3 Å². The summed E-state index contributed by atoms with van der Waals surface area (Å²) in [4.78, 5) is 39.7. The van der Waals surface area contributed by atoms with Crippen LogP contribution in [0.5, 0.6) is 0 Å². The molecular weight excluding hydrogens is 414 g/mol. The molecule has 172 valence electrons. The number of carbonyl (C=O) groups excluding carboxylic acids is 3. The lowest BCUT2D eigenvalue weighted by atomic mass is 9.60. The van der Waals surface area contributed by atoms with Crippen LogP contribution >= 0.6 is 0 Å². The monoisotopic (exact) mass is 443 g/mol. The number of hydrogen-bond donors (Lipinski definition) is 3. The Bertz CT molecular complexity index is 920. The Morgan fingerprint density at radius 1 is 1.19 bits per heavy atom. The highest BCUT2D eigenvalue weighted by atomic mass is 16.5. The predicted octanol–water partition coefficient (Wildman–Crippen LogP) is 1.60. The Labute approximate surface area is 186 Å². The van der Waals surface area contributed by atoms with E-state index < -0.39 is 42.1 Å². The van der Waals surface area contributed by atoms with Crippen molar-refractivity contribution in [2.75, 3.05) is 6.61 Å². The highest BCUT2D eigenvalue weighted by Gasteiger charge is 2.60. The molecule has 0 radical (unpaired) electrons. The molecule has 3 aliphatic rings. The lowest BCUT2D eigenvalue weighted by Crippen LogP contribution is -2.55. The maximum absolute atomic E-state index is 13.5. The van der Waals surface area contributed by atoms with Crippen molar-refractivity contribution in [2.45, 2.75) is 51.4 Å². The third-order valence-electron chi connectivity index (χ3n) is 7.05. The van der Waals surface area contributed by atoms with Crippen LogP contribution in [0.15, 0.2) is 35.4 Å². The van der Waals surface area contributed by atoms with E-state index in [1.807, 2.05) is 37.3 Å². The number of likely N-dealkylation sites (tertiary alicyclic amines) is 1. The van der Waals surface area contributed by atoms with Crippen LogP contribution in [0.4, 0.5) is 4.79 Å². The first-order valence-electron chi connectivity index (χ1n) is 11.1. The number of rotatable bonds is 4. The number of fused-ring (bicyclic) bond motifs is 3. The van der Waals surface area contributed by atoms with Crippen LogP contribution in [0.3, 0.4) is 0 Å². The van der Waals surface area contributed by atoms with Crippen LogP contribution in [0.2, 0.25) is 0 Å². The predicted molar refractivity (Wildman–Crippen MR) is 114 cm³/mol. The van der Waals surface area contributed by atoms with E-state index in [1.165, 1.54) is 4.90 Å². The molecular formula is C23H29N3O6. The van der Waals surface area contributed by atoms with Crippen LogP contribution in [0.25, 0.3) is 0 Å². The van der Waals surface area contributed by atoms with Gasteiger partial charge >= 0.3 is 6.09 Å². The van der Waals surface area contributed by atoms with Crippen LogP contribution in [0.1, 0.15) is 44.7 Å². The molecule has 3 fully saturated rings. The van der Waals surface area contributed by atoms with Gasteiger partial charge in [0.2, 0.25) is 11.8 Å². The zero-order valence-corrected chi connectivity index (χ0v) is 18.2. The number of aliphatic hydroxyl groups excluding tert-OH is 2. The summed E-state index contributed by atoms with van der Waals surface area (Å²) in [6, 6.07) is 8.92. The fourth-order valence-corrected chi connectivity index (χ4v) is 5.57. The quantitative estimate of drug-likeness (QED) is 0.479. The van der Waals surface area contributed by atoms with E-state index in [0.717, 1.165) is 5.56 Å². The summed E-state index contributed by atoms with van der Waals surface area (Å²) in [5, 5.41) is 25.5. The number of carbonyl (C=O) groups is 3.